The number of aromatic nitrogens is 2. The summed E-state index contributed by atoms with van der Waals surface area (Å²) in [5.74, 6) is 0. The third-order valence-corrected chi connectivity index (χ3v) is 7.03. The van der Waals surface area contributed by atoms with Crippen LogP contribution in [-0.2, 0) is 4.74 Å². The van der Waals surface area contributed by atoms with Gasteiger partial charge in [-0.3, -0.25) is 15.4 Å². The minimum atomic E-state index is -0.638. The van der Waals surface area contributed by atoms with Crippen LogP contribution in [0, 0.1) is 17.0 Å². The van der Waals surface area contributed by atoms with E-state index in [4.69, 9.17) is 4.74 Å². The molecule has 1 fully saturated rings. The van der Waals surface area contributed by atoms with Gasteiger partial charge in [0.2, 0.25) is 0 Å². The maximum absolute atomic E-state index is 12.5. The molecule has 1 amide bonds. The first kappa shape index (κ1) is 27.1. The monoisotopic (exact) mass is 542 g/mol. The number of pyridine rings is 1. The Morgan fingerprint density at radius 1 is 1.05 bits per heavy atom. The summed E-state index contributed by atoms with van der Waals surface area (Å²) in [7, 11) is 2.13. The van der Waals surface area contributed by atoms with Crippen molar-refractivity contribution in [2.24, 2.45) is 0 Å². The molecule has 0 radical (unpaired) electrons. The second-order valence-electron chi connectivity index (χ2n) is 11.2. The molecule has 10 nitrogen and oxygen atoms in total. The quantitative estimate of drug-likeness (QED) is 0.227. The van der Waals surface area contributed by atoms with Gasteiger partial charge in [0.25, 0.3) is 5.69 Å². The minimum Gasteiger partial charge on any atom is -0.444 e. The van der Waals surface area contributed by atoms with Crippen LogP contribution in [-0.4, -0.2) is 64.7 Å². The third-order valence-electron chi connectivity index (χ3n) is 7.03. The molecule has 2 aromatic heterocycles. The highest BCUT2D eigenvalue weighted by Crippen LogP contribution is 2.40. The van der Waals surface area contributed by atoms with Gasteiger partial charge < -0.3 is 19.5 Å². The fraction of sp³-hybridized carbons (Fsp3) is 0.333. The lowest BCUT2D eigenvalue weighted by molar-refractivity contribution is -0.385. The molecule has 2 aromatic carbocycles. The van der Waals surface area contributed by atoms with Crippen LogP contribution in [0.4, 0.5) is 21.9 Å². The highest BCUT2D eigenvalue weighted by atomic mass is 16.6. The molecule has 5 rings (SSSR count). The summed E-state index contributed by atoms with van der Waals surface area (Å²) in [5.41, 5.74) is 5.69. The maximum Gasteiger partial charge on any atom is 0.412 e. The van der Waals surface area contributed by atoms with Crippen molar-refractivity contribution in [2.75, 3.05) is 43.4 Å². The molecule has 0 atom stereocenters. The van der Waals surface area contributed by atoms with E-state index in [0.717, 1.165) is 59.8 Å². The van der Waals surface area contributed by atoms with Crippen LogP contribution < -0.4 is 10.2 Å². The summed E-state index contributed by atoms with van der Waals surface area (Å²) in [6, 6.07) is 15.6. The number of nitrogens with zero attached hydrogens (tertiary/aromatic N) is 4. The average molecular weight is 543 g/mol. The number of carbonyl (C=O) groups excluding carboxylic acids is 1. The number of nitrogens with one attached hydrogen (secondary N) is 2. The summed E-state index contributed by atoms with van der Waals surface area (Å²) in [4.78, 5) is 36.1. The Bertz CT molecular complexity index is 1560. The number of likely N-dealkylation sites (N-methyl/N-ethyl adjacent to an activating group) is 1. The van der Waals surface area contributed by atoms with Gasteiger partial charge in [-0.15, -0.1) is 0 Å². The Labute approximate surface area is 233 Å². The van der Waals surface area contributed by atoms with E-state index in [9.17, 15) is 14.9 Å². The molecular weight excluding hydrogens is 508 g/mol. The van der Waals surface area contributed by atoms with Crippen molar-refractivity contribution in [3.05, 3.63) is 70.4 Å². The summed E-state index contributed by atoms with van der Waals surface area (Å²) in [6.45, 7) is 11.3. The zero-order chi connectivity index (χ0) is 28.6. The Morgan fingerprint density at radius 2 is 1.73 bits per heavy atom. The van der Waals surface area contributed by atoms with E-state index in [1.54, 1.807) is 0 Å². The lowest BCUT2D eigenvalue weighted by Crippen LogP contribution is -2.44. The van der Waals surface area contributed by atoms with Crippen LogP contribution in [0.5, 0.6) is 0 Å². The standard InChI is InChI=1S/C30H34N6O4/c1-19-6-7-21(16-25(19)32-29(37)40-30(2,3)4)26-24-17-23(36(38)39)18-31-28(24)33-27(26)20-8-10-22(11-9-20)35-14-12-34(5)13-15-35/h6-11,16-18H,12-15H2,1-5H3,(H,31,33)(H,32,37). The Morgan fingerprint density at radius 3 is 2.38 bits per heavy atom. The van der Waals surface area contributed by atoms with Crippen molar-refractivity contribution in [3.8, 4) is 22.4 Å². The SMILES string of the molecule is Cc1ccc(-c2c(-c3ccc(N4CCN(C)CC4)cc3)[nH]c3ncc([N+](=O)[O-])cc23)cc1NC(=O)OC(C)(C)C. The summed E-state index contributed by atoms with van der Waals surface area (Å²) in [5, 5.41) is 15.1. The number of anilines is 2. The molecule has 40 heavy (non-hydrogen) atoms. The molecule has 3 heterocycles. The molecule has 1 saturated heterocycles. The van der Waals surface area contributed by atoms with Crippen LogP contribution in [0.3, 0.4) is 0 Å². The predicted molar refractivity (Wildman–Crippen MR) is 158 cm³/mol. The second-order valence-corrected chi connectivity index (χ2v) is 11.2. The van der Waals surface area contributed by atoms with E-state index in [0.29, 0.717) is 16.7 Å². The fourth-order valence-corrected chi connectivity index (χ4v) is 4.90. The number of fused-ring (bicyclic) bond motifs is 1. The number of aryl methyl sites for hydroxylation is 1. The maximum atomic E-state index is 12.5. The first-order valence-electron chi connectivity index (χ1n) is 13.3. The molecule has 0 spiro atoms. The number of amides is 1. The minimum absolute atomic E-state index is 0.0936. The van der Waals surface area contributed by atoms with Crippen LogP contribution in [0.1, 0.15) is 26.3 Å². The van der Waals surface area contributed by atoms with E-state index in [1.807, 2.05) is 45.9 Å². The molecule has 0 aliphatic carbocycles. The second kappa shape index (κ2) is 10.6. The van der Waals surface area contributed by atoms with Crippen LogP contribution in [0.2, 0.25) is 0 Å². The number of rotatable bonds is 5. The van der Waals surface area contributed by atoms with Crippen molar-refractivity contribution >= 4 is 34.2 Å². The molecular formula is C30H34N6O4. The summed E-state index contributed by atoms with van der Waals surface area (Å²) >= 11 is 0. The van der Waals surface area contributed by atoms with Crippen molar-refractivity contribution in [1.29, 1.82) is 0 Å². The summed E-state index contributed by atoms with van der Waals surface area (Å²) < 4.78 is 5.45. The van der Waals surface area contributed by atoms with E-state index < -0.39 is 16.6 Å². The molecule has 4 aromatic rings. The number of H-pyrrole nitrogens is 1. The van der Waals surface area contributed by atoms with E-state index in [1.165, 1.54) is 12.3 Å². The molecule has 0 saturated carbocycles. The number of piperazine rings is 1. The first-order valence-corrected chi connectivity index (χ1v) is 13.3. The van der Waals surface area contributed by atoms with Crippen molar-refractivity contribution in [3.63, 3.8) is 0 Å². The molecule has 0 bridgehead atoms. The summed E-state index contributed by atoms with van der Waals surface area (Å²) in [6.07, 6.45) is 0.705. The van der Waals surface area contributed by atoms with Gasteiger partial charge in [0.1, 0.15) is 17.4 Å². The average Bonchev–Trinajstić information content (AvgIpc) is 3.28. The molecule has 2 N–H and O–H groups in total. The van der Waals surface area contributed by atoms with Gasteiger partial charge in [-0.2, -0.15) is 0 Å². The highest BCUT2D eigenvalue weighted by Gasteiger charge is 2.22. The number of carbonyl (C=O) groups is 1. The van der Waals surface area contributed by atoms with Gasteiger partial charge in [0.05, 0.1) is 10.6 Å². The number of ether oxygens (including phenoxy) is 1. The van der Waals surface area contributed by atoms with Crippen LogP contribution in [0.15, 0.2) is 54.7 Å². The van der Waals surface area contributed by atoms with E-state index in [2.05, 4.69) is 56.4 Å². The number of hydrogen-bond donors (Lipinski definition) is 2. The van der Waals surface area contributed by atoms with Gasteiger partial charge in [-0.25, -0.2) is 9.78 Å². The first-order chi connectivity index (χ1) is 19.0. The zero-order valence-corrected chi connectivity index (χ0v) is 23.4. The molecule has 0 unspecified atom stereocenters. The van der Waals surface area contributed by atoms with E-state index in [-0.39, 0.29) is 5.69 Å². The molecule has 10 heteroatoms. The molecule has 1 aliphatic heterocycles. The van der Waals surface area contributed by atoms with Gasteiger partial charge in [-0.05, 0) is 69.6 Å². The normalized spacial score (nSPS) is 14.4. The lowest BCUT2D eigenvalue weighted by Gasteiger charge is -2.34. The van der Waals surface area contributed by atoms with Crippen LogP contribution >= 0.6 is 0 Å². The van der Waals surface area contributed by atoms with E-state index >= 15 is 0 Å². The van der Waals surface area contributed by atoms with Gasteiger partial charge >= 0.3 is 6.09 Å². The Kier molecular flexibility index (Phi) is 7.20. The lowest BCUT2D eigenvalue weighted by atomic mass is 9.97. The Balaban J connectivity index is 1.58. The molecule has 1 aliphatic rings. The van der Waals surface area contributed by atoms with Crippen molar-refractivity contribution < 1.29 is 14.5 Å². The van der Waals surface area contributed by atoms with Crippen LogP contribution in [0.25, 0.3) is 33.4 Å². The molecule has 208 valence electrons. The number of hydrogen-bond acceptors (Lipinski definition) is 7. The van der Waals surface area contributed by atoms with Gasteiger partial charge in [0.15, 0.2) is 0 Å². The third kappa shape index (κ3) is 5.76. The van der Waals surface area contributed by atoms with Crippen molar-refractivity contribution in [2.45, 2.75) is 33.3 Å². The number of nitro groups is 1. The Hall–Kier alpha value is -4.44. The fourth-order valence-electron chi connectivity index (χ4n) is 4.90. The number of aromatic amines is 1. The van der Waals surface area contributed by atoms with Gasteiger partial charge in [0, 0.05) is 54.6 Å². The highest BCUT2D eigenvalue weighted by molar-refractivity contribution is 6.04. The largest absolute Gasteiger partial charge is 0.444 e. The van der Waals surface area contributed by atoms with Crippen molar-refractivity contribution in [1.82, 2.24) is 14.9 Å². The smallest absolute Gasteiger partial charge is 0.412 e. The zero-order valence-electron chi connectivity index (χ0n) is 23.4. The topological polar surface area (TPSA) is 117 Å². The predicted octanol–water partition coefficient (Wildman–Crippen LogP) is 6.21. The van der Waals surface area contributed by atoms with Gasteiger partial charge in [-0.1, -0.05) is 24.3 Å². The number of benzene rings is 2.